The highest BCUT2D eigenvalue weighted by Crippen LogP contribution is 2.50. The predicted octanol–water partition coefficient (Wildman–Crippen LogP) is 24.6. The van der Waals surface area contributed by atoms with Crippen LogP contribution in [0, 0.1) is 0 Å². The second-order valence-corrected chi connectivity index (χ2v) is 26.9. The number of rotatable bonds is 3. The highest BCUT2D eigenvalue weighted by molar-refractivity contribution is 6.38. The lowest BCUT2D eigenvalue weighted by Gasteiger charge is -2.13. The Balaban J connectivity index is 0.000000107. The van der Waals surface area contributed by atoms with Crippen LogP contribution in [0.3, 0.4) is 0 Å². The molecule has 0 saturated heterocycles. The summed E-state index contributed by atoms with van der Waals surface area (Å²) in [5.41, 5.74) is 16.1. The number of H-pyrrole nitrogens is 1. The Morgan fingerprint density at radius 1 is 0.257 bits per heavy atom. The first-order valence-electron chi connectivity index (χ1n) is 34.2. The van der Waals surface area contributed by atoms with E-state index in [9.17, 15) is 0 Å². The highest BCUT2D eigenvalue weighted by atomic mass is 35.5. The van der Waals surface area contributed by atoms with E-state index in [-0.39, 0.29) is 0 Å². The fraction of sp³-hybridized carbons (Fsp3) is 0. The van der Waals surface area contributed by atoms with Gasteiger partial charge in [-0.3, -0.25) is 4.57 Å². The van der Waals surface area contributed by atoms with Crippen LogP contribution in [0.1, 0.15) is 0 Å². The van der Waals surface area contributed by atoms with Gasteiger partial charge in [-0.25, -0.2) is 19.9 Å². The molecule has 0 radical (unpaired) electrons. The largest absolute Gasteiger partial charge is 0.354 e. The van der Waals surface area contributed by atoms with Gasteiger partial charge in [0.05, 0.1) is 60.7 Å². The zero-order chi connectivity index (χ0) is 66.1. The summed E-state index contributed by atoms with van der Waals surface area (Å²) in [6, 6.07) is 112. The average Bonchev–Trinajstić information content (AvgIpc) is 1.52. The molecule has 0 bridgehead atoms. The van der Waals surface area contributed by atoms with Gasteiger partial charge in [0.15, 0.2) is 11.6 Å². The van der Waals surface area contributed by atoms with E-state index in [1.54, 1.807) is 0 Å². The molecule has 8 aromatic heterocycles. The van der Waals surface area contributed by atoms with E-state index in [0.29, 0.717) is 16.8 Å². The molecule has 9 heteroatoms. The number of aromatic nitrogens is 8. The zero-order valence-electron chi connectivity index (χ0n) is 54.0. The molecule has 16 aromatic carbocycles. The van der Waals surface area contributed by atoms with E-state index in [1.807, 2.05) is 42.5 Å². The predicted molar refractivity (Wildman–Crippen MR) is 424 cm³/mol. The van der Waals surface area contributed by atoms with Crippen molar-refractivity contribution >= 4 is 196 Å². The van der Waals surface area contributed by atoms with E-state index in [1.165, 1.54) is 157 Å². The summed E-state index contributed by atoms with van der Waals surface area (Å²) < 4.78 is 7.41. The van der Waals surface area contributed by atoms with Crippen LogP contribution in [0.15, 0.2) is 315 Å². The van der Waals surface area contributed by atoms with Crippen LogP contribution < -0.4 is 0 Å². The minimum atomic E-state index is 0.490. The van der Waals surface area contributed by atoms with Crippen molar-refractivity contribution in [3.63, 3.8) is 0 Å². The number of nitrogens with one attached hydrogen (secondary N) is 1. The first kappa shape index (κ1) is 55.8. The maximum atomic E-state index is 6.28. The molecule has 0 aliphatic carbocycles. The Labute approximate surface area is 580 Å². The van der Waals surface area contributed by atoms with Crippen LogP contribution in [0.2, 0.25) is 5.15 Å². The lowest BCUT2D eigenvalue weighted by atomic mass is 10.0. The van der Waals surface area contributed by atoms with Crippen molar-refractivity contribution in [2.24, 2.45) is 0 Å². The van der Waals surface area contributed by atoms with Crippen molar-refractivity contribution in [3.05, 3.63) is 321 Å². The number of hydrogen-bond donors (Lipinski definition) is 1. The molecular formula is C92H53ClN8. The van der Waals surface area contributed by atoms with E-state index in [2.05, 4.69) is 301 Å². The fourth-order valence-corrected chi connectivity index (χ4v) is 17.0. The normalized spacial score (nSPS) is 12.2. The molecule has 24 rings (SSSR count). The highest BCUT2D eigenvalue weighted by Gasteiger charge is 2.28. The lowest BCUT2D eigenvalue weighted by Crippen LogP contribution is -2.03. The summed E-state index contributed by atoms with van der Waals surface area (Å²) >= 11 is 6.28. The molecule has 468 valence electrons. The number of para-hydroxylation sites is 6. The minimum absolute atomic E-state index is 0.490. The number of aromatic amines is 1. The molecule has 0 saturated carbocycles. The van der Waals surface area contributed by atoms with Gasteiger partial charge in [-0.2, -0.15) is 0 Å². The van der Waals surface area contributed by atoms with E-state index < -0.39 is 0 Å². The van der Waals surface area contributed by atoms with Gasteiger partial charge in [0.25, 0.3) is 0 Å². The summed E-state index contributed by atoms with van der Waals surface area (Å²) in [4.78, 5) is 23.4. The number of benzene rings is 16. The molecule has 0 unspecified atom stereocenters. The van der Waals surface area contributed by atoms with Gasteiger partial charge in [0.2, 0.25) is 0 Å². The Bertz CT molecular complexity index is 7620. The van der Waals surface area contributed by atoms with Gasteiger partial charge >= 0.3 is 0 Å². The Morgan fingerprint density at radius 3 is 1.30 bits per heavy atom. The van der Waals surface area contributed by atoms with Gasteiger partial charge in [0.1, 0.15) is 11.0 Å². The number of hydrogen-bond acceptors (Lipinski definition) is 4. The van der Waals surface area contributed by atoms with Crippen molar-refractivity contribution in [2.75, 3.05) is 0 Å². The molecule has 24 aromatic rings. The molecule has 101 heavy (non-hydrogen) atoms. The monoisotopic (exact) mass is 1300 g/mol. The molecule has 1 N–H and O–H groups in total. The van der Waals surface area contributed by atoms with Crippen LogP contribution in [0.25, 0.3) is 213 Å². The van der Waals surface area contributed by atoms with Crippen molar-refractivity contribution in [1.29, 1.82) is 0 Å². The van der Waals surface area contributed by atoms with Crippen LogP contribution in [-0.4, -0.2) is 38.3 Å². The molecule has 0 atom stereocenters. The number of nitrogens with zero attached hydrogens (tertiary/aromatic N) is 7. The molecule has 0 aliphatic heterocycles. The van der Waals surface area contributed by atoms with Gasteiger partial charge < -0.3 is 13.8 Å². The SMILES string of the molecule is Clc1nc(-c2ccc3ccccc3c2)nc2ccccc12.c1ccc2c(c1)ccc1c3cc4c5ccccc5[nH]c4c4c5ccccc5n(c21)c34.c1ccc2cc(-c3nc(-n4c5ccccc5c5cc6c7ccc8ccccc8c7n7c8ccccc8c(c54)c67)c4ccccc4n3)ccc2c1. The van der Waals surface area contributed by atoms with E-state index >= 15 is 0 Å². The quantitative estimate of drug-likeness (QED) is 0.179. The van der Waals surface area contributed by atoms with Crippen molar-refractivity contribution < 1.29 is 0 Å². The number of halogens is 1. The Morgan fingerprint density at radius 2 is 0.683 bits per heavy atom. The van der Waals surface area contributed by atoms with Gasteiger partial charge in [0, 0.05) is 103 Å². The van der Waals surface area contributed by atoms with Gasteiger partial charge in [-0.05, 0) is 105 Å². The van der Waals surface area contributed by atoms with E-state index in [4.69, 9.17) is 21.6 Å². The minimum Gasteiger partial charge on any atom is -0.354 e. The maximum absolute atomic E-state index is 6.28. The van der Waals surface area contributed by atoms with Crippen molar-refractivity contribution in [3.8, 4) is 28.6 Å². The number of fused-ring (bicyclic) bond motifs is 28. The van der Waals surface area contributed by atoms with Crippen LogP contribution in [-0.2, 0) is 0 Å². The summed E-state index contributed by atoms with van der Waals surface area (Å²) in [5, 5.41) is 27.6. The van der Waals surface area contributed by atoms with Gasteiger partial charge in [-0.1, -0.05) is 254 Å². The second-order valence-electron chi connectivity index (χ2n) is 26.6. The van der Waals surface area contributed by atoms with Crippen LogP contribution in [0.4, 0.5) is 0 Å². The zero-order valence-corrected chi connectivity index (χ0v) is 54.8. The summed E-state index contributed by atoms with van der Waals surface area (Å²) in [6.07, 6.45) is 0. The lowest BCUT2D eigenvalue weighted by molar-refractivity contribution is 1.08. The third-order valence-electron chi connectivity index (χ3n) is 21.2. The fourth-order valence-electron chi connectivity index (χ4n) is 16.8. The van der Waals surface area contributed by atoms with Gasteiger partial charge in [-0.15, -0.1) is 0 Å². The third kappa shape index (κ3) is 8.13. The summed E-state index contributed by atoms with van der Waals surface area (Å²) in [6.45, 7) is 0. The van der Waals surface area contributed by atoms with Crippen LogP contribution in [0.5, 0.6) is 0 Å². The molecule has 0 fully saturated rings. The molecular weight excluding hydrogens is 1250 g/mol. The smallest absolute Gasteiger partial charge is 0.162 e. The summed E-state index contributed by atoms with van der Waals surface area (Å²) in [5.74, 6) is 2.26. The van der Waals surface area contributed by atoms with E-state index in [0.717, 1.165) is 44.3 Å². The van der Waals surface area contributed by atoms with Crippen molar-refractivity contribution in [2.45, 2.75) is 0 Å². The average molecular weight is 1310 g/mol. The standard InChI is InChI=1S/C46H26N4.C28H16N2.C18H11ClN2/c1-2-13-29-25-30(22-21-27(29)11-1)45-47-38-18-8-5-16-34(38)46(48-45)50-39-19-9-6-15-32(39)36-26-37-33-24-23-28-12-3-4-14-31(28)42(33)49-40-20-10-7-17-35(40)41(43(37)49)44(36)50;1-2-8-17-16(7-1)13-14-19-22-15-21-18-9-3-5-11-23(18)29-26(21)25-20-10-4-6-12-24(20)30(27(17)19)28(22)25;19-17-15-7-3-4-8-16(15)20-18(21-17)14-10-9-12-5-1-2-6-13(12)11-14/h1-26H;1-15,29H;1-11H. The van der Waals surface area contributed by atoms with Crippen LogP contribution >= 0.6 is 11.6 Å². The second kappa shape index (κ2) is 21.4. The maximum Gasteiger partial charge on any atom is 0.162 e. The Kier molecular flexibility index (Phi) is 11.8. The first-order chi connectivity index (χ1) is 50.0. The molecule has 0 spiro atoms. The molecule has 0 aliphatic rings. The Hall–Kier alpha value is -13.3. The molecule has 8 nitrogen and oxygen atoms in total. The third-order valence-corrected chi connectivity index (χ3v) is 21.5. The summed E-state index contributed by atoms with van der Waals surface area (Å²) in [7, 11) is 0. The first-order valence-corrected chi connectivity index (χ1v) is 34.6. The molecule has 0 amide bonds. The topological polar surface area (TPSA) is 81.1 Å². The van der Waals surface area contributed by atoms with Crippen molar-refractivity contribution in [1.82, 2.24) is 38.3 Å². The molecule has 8 heterocycles.